The van der Waals surface area contributed by atoms with Gasteiger partial charge in [0.25, 0.3) is 10.0 Å². The van der Waals surface area contributed by atoms with E-state index in [1.165, 1.54) is 35.3 Å². The molecule has 4 aromatic carbocycles. The molecular formula is C37H40N4O6S. The van der Waals surface area contributed by atoms with Crippen LogP contribution < -0.4 is 10.4 Å². The van der Waals surface area contributed by atoms with Crippen molar-refractivity contribution in [3.63, 3.8) is 0 Å². The Balaban J connectivity index is 1.25. The van der Waals surface area contributed by atoms with E-state index in [0.717, 1.165) is 30.0 Å². The zero-order chi connectivity index (χ0) is 33.7. The monoisotopic (exact) mass is 668 g/mol. The van der Waals surface area contributed by atoms with Crippen LogP contribution in [0.15, 0.2) is 119 Å². The molecule has 250 valence electrons. The Bertz CT molecular complexity index is 1970. The third-order valence-corrected chi connectivity index (χ3v) is 10.8. The van der Waals surface area contributed by atoms with Gasteiger partial charge in [0.2, 0.25) is 0 Å². The summed E-state index contributed by atoms with van der Waals surface area (Å²) >= 11 is 0. The van der Waals surface area contributed by atoms with E-state index in [4.69, 9.17) is 4.74 Å². The number of imidazole rings is 1. The summed E-state index contributed by atoms with van der Waals surface area (Å²) < 4.78 is 35.3. The maximum absolute atomic E-state index is 14.1. The summed E-state index contributed by atoms with van der Waals surface area (Å²) in [5.74, 6) is 0.503. The van der Waals surface area contributed by atoms with E-state index in [-0.39, 0.29) is 29.0 Å². The van der Waals surface area contributed by atoms with Crippen molar-refractivity contribution in [3.05, 3.63) is 131 Å². The van der Waals surface area contributed by atoms with Gasteiger partial charge >= 0.3 is 11.8 Å². The van der Waals surface area contributed by atoms with Gasteiger partial charge in [-0.25, -0.2) is 18.0 Å². The second-order valence-corrected chi connectivity index (χ2v) is 14.0. The molecule has 1 aromatic heterocycles. The maximum Gasteiger partial charge on any atom is 0.407 e. The second kappa shape index (κ2) is 14.5. The fourth-order valence-corrected chi connectivity index (χ4v) is 8.22. The lowest BCUT2D eigenvalue weighted by atomic mass is 9.93. The molecule has 0 bridgehead atoms. The highest BCUT2D eigenvalue weighted by molar-refractivity contribution is 7.90. The smallest absolute Gasteiger partial charge is 0.407 e. The quantitative estimate of drug-likeness (QED) is 0.168. The summed E-state index contributed by atoms with van der Waals surface area (Å²) in [5, 5.41) is 10.1. The van der Waals surface area contributed by atoms with Crippen molar-refractivity contribution in [2.24, 2.45) is 0 Å². The number of likely N-dealkylation sites (tertiary alicyclic amines) is 1. The van der Waals surface area contributed by atoms with Gasteiger partial charge < -0.3 is 14.7 Å². The number of hydrogen-bond acceptors (Lipinski definition) is 6. The van der Waals surface area contributed by atoms with Crippen LogP contribution in [0.3, 0.4) is 0 Å². The number of carboxylic acid groups (broad SMARTS) is 1. The number of aromatic nitrogens is 2. The number of benzene rings is 4. The summed E-state index contributed by atoms with van der Waals surface area (Å²) in [6, 6.07) is 32.7. The Kier molecular flexibility index (Phi) is 9.98. The lowest BCUT2D eigenvalue weighted by molar-refractivity contribution is 0.0853. The van der Waals surface area contributed by atoms with Crippen molar-refractivity contribution in [2.45, 2.75) is 55.8 Å². The van der Waals surface area contributed by atoms with Crippen LogP contribution in [0.4, 0.5) is 4.79 Å². The number of fused-ring (bicyclic) bond motifs is 1. The molecule has 0 aliphatic carbocycles. The Labute approximate surface area is 280 Å². The first-order chi connectivity index (χ1) is 23.3. The third kappa shape index (κ3) is 7.02. The van der Waals surface area contributed by atoms with Gasteiger partial charge in [0, 0.05) is 31.7 Å². The van der Waals surface area contributed by atoms with E-state index in [9.17, 15) is 23.1 Å². The highest BCUT2D eigenvalue weighted by atomic mass is 32.2. The SMILES string of the molecule is COc1ccc(S(=O)(=O)n2c(=O)n([C@H]3CCN(C(=O)O)[C@@H](CCCN(Cc4ccccc4)Cc4ccccc4)C3)c3ccccc32)cc1. The van der Waals surface area contributed by atoms with Crippen molar-refractivity contribution < 1.29 is 23.1 Å². The largest absolute Gasteiger partial charge is 0.497 e. The molecular weight excluding hydrogens is 628 g/mol. The van der Waals surface area contributed by atoms with Crippen molar-refractivity contribution >= 4 is 27.1 Å². The van der Waals surface area contributed by atoms with Crippen molar-refractivity contribution in [1.29, 1.82) is 0 Å². The predicted octanol–water partition coefficient (Wildman–Crippen LogP) is 6.21. The van der Waals surface area contributed by atoms with Crippen molar-refractivity contribution in [3.8, 4) is 5.75 Å². The molecule has 0 saturated carbocycles. The molecule has 2 atom stereocenters. The molecule has 2 heterocycles. The first-order valence-electron chi connectivity index (χ1n) is 16.2. The van der Waals surface area contributed by atoms with Gasteiger partial charge in [-0.2, -0.15) is 3.97 Å². The topological polar surface area (TPSA) is 114 Å². The lowest BCUT2D eigenvalue weighted by Gasteiger charge is -2.38. The third-order valence-electron chi connectivity index (χ3n) is 9.15. The number of para-hydroxylation sites is 2. The molecule has 48 heavy (non-hydrogen) atoms. The van der Waals surface area contributed by atoms with Gasteiger partial charge in [0.15, 0.2) is 0 Å². The molecule has 11 heteroatoms. The van der Waals surface area contributed by atoms with E-state index in [2.05, 4.69) is 29.2 Å². The molecule has 10 nitrogen and oxygen atoms in total. The van der Waals surface area contributed by atoms with Gasteiger partial charge in [-0.3, -0.25) is 9.47 Å². The summed E-state index contributed by atoms with van der Waals surface area (Å²) in [4.78, 5) is 30.3. The summed E-state index contributed by atoms with van der Waals surface area (Å²) in [7, 11) is -2.74. The van der Waals surface area contributed by atoms with Crippen molar-refractivity contribution in [2.75, 3.05) is 20.2 Å². The van der Waals surface area contributed by atoms with E-state index < -0.39 is 21.8 Å². The fourth-order valence-electron chi connectivity index (χ4n) is 6.82. The molecule has 1 amide bonds. The lowest BCUT2D eigenvalue weighted by Crippen LogP contribution is -2.47. The molecule has 1 aliphatic rings. The first-order valence-corrected chi connectivity index (χ1v) is 17.6. The zero-order valence-corrected chi connectivity index (χ0v) is 27.7. The minimum atomic E-state index is -4.23. The van der Waals surface area contributed by atoms with E-state index >= 15 is 0 Å². The van der Waals surface area contributed by atoms with E-state index in [1.54, 1.807) is 41.0 Å². The molecule has 1 saturated heterocycles. The molecule has 5 aromatic rings. The summed E-state index contributed by atoms with van der Waals surface area (Å²) in [5.41, 5.74) is 2.55. The first kappa shape index (κ1) is 33.0. The number of methoxy groups -OCH3 is 1. The average Bonchev–Trinajstić information content (AvgIpc) is 3.41. The number of nitrogens with zero attached hydrogens (tertiary/aromatic N) is 4. The number of piperidine rings is 1. The Morgan fingerprint density at radius 2 is 1.44 bits per heavy atom. The van der Waals surface area contributed by atoms with Crippen LogP contribution in [0.1, 0.15) is 42.9 Å². The molecule has 1 aliphatic heterocycles. The van der Waals surface area contributed by atoms with Crippen LogP contribution in [-0.2, 0) is 23.1 Å². The maximum atomic E-state index is 14.1. The Hall–Kier alpha value is -4.87. The minimum absolute atomic E-state index is 0.0255. The number of amides is 1. The fraction of sp³-hybridized carbons (Fsp3) is 0.297. The molecule has 6 rings (SSSR count). The normalized spacial score (nSPS) is 16.8. The molecule has 1 N–H and O–H groups in total. The van der Waals surface area contributed by atoms with Crippen LogP contribution in [0.25, 0.3) is 11.0 Å². The highest BCUT2D eigenvalue weighted by Crippen LogP contribution is 2.32. The Morgan fingerprint density at radius 1 is 0.854 bits per heavy atom. The molecule has 0 spiro atoms. The average molecular weight is 669 g/mol. The van der Waals surface area contributed by atoms with Crippen LogP contribution in [-0.4, -0.2) is 64.2 Å². The van der Waals surface area contributed by atoms with Gasteiger partial charge in [0.05, 0.1) is 23.0 Å². The summed E-state index contributed by atoms with van der Waals surface area (Å²) in [6.07, 6.45) is 1.18. The predicted molar refractivity (Wildman–Crippen MR) is 185 cm³/mol. The van der Waals surface area contributed by atoms with Gasteiger partial charge in [-0.05, 0) is 79.8 Å². The van der Waals surface area contributed by atoms with E-state index in [0.29, 0.717) is 30.5 Å². The van der Waals surface area contributed by atoms with Gasteiger partial charge in [0.1, 0.15) is 5.75 Å². The number of carbonyl (C=O) groups is 1. The minimum Gasteiger partial charge on any atom is -0.497 e. The van der Waals surface area contributed by atoms with Gasteiger partial charge in [-0.1, -0.05) is 72.8 Å². The van der Waals surface area contributed by atoms with Crippen LogP contribution >= 0.6 is 0 Å². The standard InChI is InChI=1S/C37H40N4O6S/c1-47-32-18-20-33(21-19-32)48(45,46)41-35-17-9-8-16-34(35)40(36(41)42)31-22-24-39(37(43)44)30(25-31)15-10-23-38(26-28-11-4-2-5-12-28)27-29-13-6-3-7-14-29/h2-9,11-14,16-21,30-31H,10,15,22-27H2,1H3,(H,43,44)/t30-,31-/m0/s1. The highest BCUT2D eigenvalue weighted by Gasteiger charge is 2.35. The zero-order valence-electron chi connectivity index (χ0n) is 26.9. The summed E-state index contributed by atoms with van der Waals surface area (Å²) in [6.45, 7) is 2.55. The van der Waals surface area contributed by atoms with Crippen LogP contribution in [0, 0.1) is 0 Å². The second-order valence-electron chi connectivity index (χ2n) is 12.2. The molecule has 0 radical (unpaired) electrons. The van der Waals surface area contributed by atoms with E-state index in [1.807, 2.05) is 36.4 Å². The number of rotatable bonds is 12. The van der Waals surface area contributed by atoms with Crippen LogP contribution in [0.2, 0.25) is 0 Å². The molecule has 1 fully saturated rings. The van der Waals surface area contributed by atoms with Crippen LogP contribution in [0.5, 0.6) is 5.75 Å². The number of hydrogen-bond donors (Lipinski definition) is 1. The Morgan fingerprint density at radius 3 is 2.02 bits per heavy atom. The number of ether oxygens (including phenoxy) is 1. The molecule has 0 unspecified atom stereocenters. The van der Waals surface area contributed by atoms with Crippen molar-refractivity contribution in [1.82, 2.24) is 18.3 Å². The van der Waals surface area contributed by atoms with Gasteiger partial charge in [-0.15, -0.1) is 0 Å².